The Morgan fingerprint density at radius 1 is 1.58 bits per heavy atom. The van der Waals surface area contributed by atoms with Crippen molar-refractivity contribution in [3.63, 3.8) is 0 Å². The van der Waals surface area contributed by atoms with Gasteiger partial charge in [0.2, 0.25) is 0 Å². The molecule has 0 bridgehead atoms. The molecule has 0 unspecified atom stereocenters. The number of halogens is 4. The number of hydrogen-bond acceptors (Lipinski definition) is 2. The summed E-state index contributed by atoms with van der Waals surface area (Å²) < 4.78 is 24.4. The van der Waals surface area contributed by atoms with Crippen LogP contribution in [0.3, 0.4) is 0 Å². The number of pyridine rings is 1. The molecular weight excluding hydrogens is 253 g/mol. The Kier molecular flexibility index (Phi) is 2.85. The molecule has 2 nitrogen and oxygen atoms in total. The molecule has 2 N–H and O–H groups in total. The van der Waals surface area contributed by atoms with Gasteiger partial charge in [0.25, 0.3) is 6.43 Å². The first-order valence-electron chi connectivity index (χ1n) is 2.92. The predicted octanol–water partition coefficient (Wildman–Crippen LogP) is 3.02. The van der Waals surface area contributed by atoms with Crippen LogP contribution < -0.4 is 5.73 Å². The molecule has 0 aliphatic carbocycles. The summed E-state index contributed by atoms with van der Waals surface area (Å²) in [6.07, 6.45) is -2.65. The van der Waals surface area contributed by atoms with Crippen molar-refractivity contribution >= 4 is 33.3 Å². The summed E-state index contributed by atoms with van der Waals surface area (Å²) in [6, 6.07) is 1.19. The van der Waals surface area contributed by atoms with Gasteiger partial charge in [-0.05, 0) is 22.0 Å². The van der Waals surface area contributed by atoms with Crippen molar-refractivity contribution in [2.75, 3.05) is 5.73 Å². The summed E-state index contributed by atoms with van der Waals surface area (Å²) in [6.45, 7) is 0. The maximum Gasteiger partial charge on any atom is 0.267 e. The van der Waals surface area contributed by atoms with Gasteiger partial charge in [-0.1, -0.05) is 11.6 Å². The molecule has 0 aliphatic heterocycles. The number of nitrogens with zero attached hydrogens (tertiary/aromatic N) is 1. The molecule has 1 aromatic heterocycles. The normalized spacial score (nSPS) is 10.8. The third kappa shape index (κ3) is 1.84. The van der Waals surface area contributed by atoms with Crippen molar-refractivity contribution in [2.45, 2.75) is 6.43 Å². The van der Waals surface area contributed by atoms with E-state index in [4.69, 9.17) is 17.3 Å². The van der Waals surface area contributed by atoms with E-state index in [0.29, 0.717) is 0 Å². The van der Waals surface area contributed by atoms with E-state index < -0.39 is 6.43 Å². The zero-order valence-electron chi connectivity index (χ0n) is 5.69. The smallest absolute Gasteiger partial charge is 0.267 e. The van der Waals surface area contributed by atoms with Gasteiger partial charge in [-0.25, -0.2) is 13.8 Å². The molecule has 6 heteroatoms. The van der Waals surface area contributed by atoms with Crippen LogP contribution in [0.1, 0.15) is 12.0 Å². The Bertz CT molecular complexity index is 283. The molecule has 0 atom stereocenters. The summed E-state index contributed by atoms with van der Waals surface area (Å²) in [4.78, 5) is 3.59. The van der Waals surface area contributed by atoms with Gasteiger partial charge < -0.3 is 5.73 Å². The molecule has 1 rings (SSSR count). The maximum absolute atomic E-state index is 12.2. The van der Waals surface area contributed by atoms with E-state index >= 15 is 0 Å². The average molecular weight is 257 g/mol. The molecule has 0 radical (unpaired) electrons. The average Bonchev–Trinajstić information content (AvgIpc) is 1.82. The molecule has 0 aromatic carbocycles. The van der Waals surface area contributed by atoms with E-state index in [9.17, 15) is 8.78 Å². The van der Waals surface area contributed by atoms with E-state index in [1.807, 2.05) is 0 Å². The highest BCUT2D eigenvalue weighted by Gasteiger charge is 2.17. The zero-order chi connectivity index (χ0) is 9.30. The van der Waals surface area contributed by atoms with Crippen LogP contribution in [0.2, 0.25) is 5.02 Å². The first kappa shape index (κ1) is 9.67. The highest BCUT2D eigenvalue weighted by atomic mass is 79.9. The summed E-state index contributed by atoms with van der Waals surface area (Å²) in [5.74, 6) is 0.108. The van der Waals surface area contributed by atoms with E-state index in [1.165, 1.54) is 6.07 Å². The fraction of sp³-hybridized carbons (Fsp3) is 0.167. The predicted molar refractivity (Wildman–Crippen MR) is 46.3 cm³/mol. The molecule has 0 fully saturated rings. The number of aromatic nitrogens is 1. The summed E-state index contributed by atoms with van der Waals surface area (Å²) in [5.41, 5.74) is 4.93. The minimum atomic E-state index is -2.65. The number of rotatable bonds is 1. The number of nitrogens with two attached hydrogens (primary N) is 1. The fourth-order valence-electron chi connectivity index (χ4n) is 0.706. The van der Waals surface area contributed by atoms with E-state index in [2.05, 4.69) is 20.9 Å². The van der Waals surface area contributed by atoms with Crippen molar-refractivity contribution < 1.29 is 8.78 Å². The molecule has 66 valence electrons. The minimum absolute atomic E-state index is 0.0116. The number of anilines is 1. The topological polar surface area (TPSA) is 38.9 Å². The highest BCUT2D eigenvalue weighted by molar-refractivity contribution is 9.10. The second-order valence-corrected chi connectivity index (χ2v) is 3.19. The second-order valence-electron chi connectivity index (χ2n) is 2.03. The van der Waals surface area contributed by atoms with Gasteiger partial charge in [-0.3, -0.25) is 0 Å². The Morgan fingerprint density at radius 2 is 2.17 bits per heavy atom. The van der Waals surface area contributed by atoms with Crippen molar-refractivity contribution in [1.29, 1.82) is 0 Å². The van der Waals surface area contributed by atoms with Crippen LogP contribution in [0.15, 0.2) is 10.7 Å². The Labute approximate surface area is 80.9 Å². The van der Waals surface area contributed by atoms with Crippen molar-refractivity contribution in [1.82, 2.24) is 4.98 Å². The first-order chi connectivity index (χ1) is 5.52. The van der Waals surface area contributed by atoms with Crippen molar-refractivity contribution in [3.05, 3.63) is 21.3 Å². The quantitative estimate of drug-likeness (QED) is 0.786. The molecule has 1 heterocycles. The molecule has 0 spiro atoms. The largest absolute Gasteiger partial charge is 0.384 e. The third-order valence-electron chi connectivity index (χ3n) is 1.20. The molecule has 0 saturated carbocycles. The Morgan fingerprint density at radius 3 is 2.58 bits per heavy atom. The number of alkyl halides is 2. The lowest BCUT2D eigenvalue weighted by molar-refractivity contribution is 0.150. The van der Waals surface area contributed by atoms with Gasteiger partial charge in [0.1, 0.15) is 10.4 Å². The summed E-state index contributed by atoms with van der Waals surface area (Å²) in [5, 5.41) is -0.0793. The summed E-state index contributed by atoms with van der Waals surface area (Å²) in [7, 11) is 0. The van der Waals surface area contributed by atoms with E-state index in [-0.39, 0.29) is 21.0 Å². The molecule has 0 amide bonds. The Balaban J connectivity index is 3.28. The van der Waals surface area contributed by atoms with Gasteiger partial charge in [-0.15, -0.1) is 0 Å². The summed E-state index contributed by atoms with van der Waals surface area (Å²) >= 11 is 8.34. The van der Waals surface area contributed by atoms with Crippen LogP contribution in [0.4, 0.5) is 14.6 Å². The van der Waals surface area contributed by atoms with Crippen LogP contribution in [-0.4, -0.2) is 4.98 Å². The molecule has 0 aliphatic rings. The van der Waals surface area contributed by atoms with Gasteiger partial charge >= 0.3 is 0 Å². The highest BCUT2D eigenvalue weighted by Crippen LogP contribution is 2.33. The lowest BCUT2D eigenvalue weighted by atomic mass is 10.3. The monoisotopic (exact) mass is 256 g/mol. The van der Waals surface area contributed by atoms with Gasteiger partial charge in [0.15, 0.2) is 0 Å². The van der Waals surface area contributed by atoms with E-state index in [0.717, 1.165) is 0 Å². The van der Waals surface area contributed by atoms with Crippen LogP contribution >= 0.6 is 27.5 Å². The molecular formula is C6H4BrClF2N2. The van der Waals surface area contributed by atoms with Crippen LogP contribution in [-0.2, 0) is 0 Å². The standard InChI is InChI=1S/C6H4BrClF2N2/c7-5-4(6(9)10)2(8)1-3(11)12-5/h1,6H,(H2,11,12). The van der Waals surface area contributed by atoms with Crippen molar-refractivity contribution in [3.8, 4) is 0 Å². The zero-order valence-corrected chi connectivity index (χ0v) is 8.03. The SMILES string of the molecule is Nc1cc(Cl)c(C(F)F)c(Br)n1. The number of hydrogen-bond donors (Lipinski definition) is 1. The minimum Gasteiger partial charge on any atom is -0.384 e. The van der Waals surface area contributed by atoms with Crippen LogP contribution in [0.5, 0.6) is 0 Å². The van der Waals surface area contributed by atoms with E-state index in [1.54, 1.807) is 0 Å². The number of nitrogen functional groups attached to an aromatic ring is 1. The van der Waals surface area contributed by atoms with Gasteiger partial charge in [0, 0.05) is 0 Å². The second kappa shape index (κ2) is 3.53. The van der Waals surface area contributed by atoms with Crippen molar-refractivity contribution in [2.24, 2.45) is 0 Å². The molecule has 12 heavy (non-hydrogen) atoms. The van der Waals surface area contributed by atoms with Crippen LogP contribution in [0, 0.1) is 0 Å². The first-order valence-corrected chi connectivity index (χ1v) is 4.09. The molecule has 1 aromatic rings. The fourth-order valence-corrected chi connectivity index (χ4v) is 1.70. The third-order valence-corrected chi connectivity index (χ3v) is 2.12. The van der Waals surface area contributed by atoms with Crippen LogP contribution in [0.25, 0.3) is 0 Å². The van der Waals surface area contributed by atoms with Gasteiger partial charge in [0.05, 0.1) is 10.6 Å². The lowest BCUT2D eigenvalue weighted by Crippen LogP contribution is -1.96. The maximum atomic E-state index is 12.2. The lowest BCUT2D eigenvalue weighted by Gasteiger charge is -2.05. The Hall–Kier alpha value is -0.420. The van der Waals surface area contributed by atoms with Gasteiger partial charge in [-0.2, -0.15) is 0 Å². The molecule has 0 saturated heterocycles.